The van der Waals surface area contributed by atoms with Crippen molar-refractivity contribution in [3.8, 4) is 0 Å². The van der Waals surface area contributed by atoms with Gasteiger partial charge < -0.3 is 47.7 Å². The minimum Gasteiger partial charge on any atom is -0.480 e. The molecule has 1 aromatic rings. The lowest BCUT2D eigenvalue weighted by Gasteiger charge is -2.24. The van der Waals surface area contributed by atoms with Crippen molar-refractivity contribution < 1.29 is 34.5 Å². The zero-order valence-electron chi connectivity index (χ0n) is 18.4. The number of imidazole rings is 1. The molecule has 1 heterocycles. The lowest BCUT2D eigenvalue weighted by atomic mass is 10.1. The molecule has 14 nitrogen and oxygen atoms in total. The Morgan fingerprint density at radius 3 is 2.24 bits per heavy atom. The SMILES string of the molecule is CC(O)C(NC(=O)C(CO)NC(=O)C(Cc1cnc[nH]1)NC(=O)C(N)CCCCN)C(=O)O. The molecule has 3 amide bonds. The highest BCUT2D eigenvalue weighted by Crippen LogP contribution is 2.03. The van der Waals surface area contributed by atoms with E-state index < -0.39 is 60.6 Å². The van der Waals surface area contributed by atoms with Gasteiger partial charge in [-0.15, -0.1) is 0 Å². The third-order valence-corrected chi connectivity index (χ3v) is 4.78. The molecule has 1 aromatic heterocycles. The first-order chi connectivity index (χ1) is 15.6. The number of hydrogen-bond donors (Lipinski definition) is 9. The minimum atomic E-state index is -1.64. The van der Waals surface area contributed by atoms with Crippen LogP contribution in [0, 0.1) is 0 Å². The van der Waals surface area contributed by atoms with Gasteiger partial charge in [-0.25, -0.2) is 9.78 Å². The number of rotatable bonds is 15. The van der Waals surface area contributed by atoms with Crippen molar-refractivity contribution >= 4 is 23.7 Å². The summed E-state index contributed by atoms with van der Waals surface area (Å²) in [6, 6.07) is -5.23. The zero-order chi connectivity index (χ0) is 25.0. The molecule has 186 valence electrons. The van der Waals surface area contributed by atoms with E-state index in [1.54, 1.807) is 0 Å². The number of nitrogens with two attached hydrogens (primary N) is 2. The van der Waals surface area contributed by atoms with Crippen LogP contribution < -0.4 is 27.4 Å². The Hall–Kier alpha value is -3.07. The first-order valence-corrected chi connectivity index (χ1v) is 10.5. The van der Waals surface area contributed by atoms with E-state index in [2.05, 4.69) is 20.6 Å². The third kappa shape index (κ3) is 9.53. The molecule has 33 heavy (non-hydrogen) atoms. The quantitative estimate of drug-likeness (QED) is 0.113. The largest absolute Gasteiger partial charge is 0.480 e. The summed E-state index contributed by atoms with van der Waals surface area (Å²) in [7, 11) is 0. The summed E-state index contributed by atoms with van der Waals surface area (Å²) in [5.74, 6) is -3.92. The number of carbonyl (C=O) groups is 4. The van der Waals surface area contributed by atoms with Crippen molar-refractivity contribution in [3.63, 3.8) is 0 Å². The van der Waals surface area contributed by atoms with Crippen LogP contribution in [0.1, 0.15) is 31.9 Å². The van der Waals surface area contributed by atoms with Crippen molar-refractivity contribution in [2.75, 3.05) is 13.2 Å². The molecule has 14 heteroatoms. The average molecular weight is 472 g/mol. The number of nitrogens with zero attached hydrogens (tertiary/aromatic N) is 1. The maximum Gasteiger partial charge on any atom is 0.328 e. The number of aromatic nitrogens is 2. The summed E-state index contributed by atoms with van der Waals surface area (Å²) in [5, 5.41) is 35.0. The van der Waals surface area contributed by atoms with Gasteiger partial charge in [0, 0.05) is 18.3 Å². The van der Waals surface area contributed by atoms with E-state index in [1.807, 2.05) is 5.32 Å². The van der Waals surface area contributed by atoms with Crippen LogP contribution in [-0.4, -0.2) is 92.4 Å². The molecule has 0 saturated carbocycles. The summed E-state index contributed by atoms with van der Waals surface area (Å²) in [6.07, 6.45) is 3.08. The molecule has 0 aliphatic rings. The molecule has 0 aromatic carbocycles. The van der Waals surface area contributed by atoms with Crippen molar-refractivity contribution in [1.82, 2.24) is 25.9 Å². The van der Waals surface area contributed by atoms with Crippen LogP contribution in [-0.2, 0) is 25.6 Å². The van der Waals surface area contributed by atoms with E-state index >= 15 is 0 Å². The van der Waals surface area contributed by atoms with Gasteiger partial charge in [-0.3, -0.25) is 14.4 Å². The average Bonchev–Trinajstić information content (AvgIpc) is 3.27. The second-order valence-electron chi connectivity index (χ2n) is 7.54. The molecule has 0 spiro atoms. The number of nitrogens with one attached hydrogen (secondary N) is 4. The smallest absolute Gasteiger partial charge is 0.328 e. The van der Waals surface area contributed by atoms with Gasteiger partial charge in [0.15, 0.2) is 6.04 Å². The van der Waals surface area contributed by atoms with Gasteiger partial charge in [-0.05, 0) is 26.3 Å². The van der Waals surface area contributed by atoms with Crippen molar-refractivity contribution in [2.24, 2.45) is 11.5 Å². The molecule has 11 N–H and O–H groups in total. The van der Waals surface area contributed by atoms with Crippen LogP contribution in [0.5, 0.6) is 0 Å². The Balaban J connectivity index is 2.89. The molecule has 0 bridgehead atoms. The highest BCUT2D eigenvalue weighted by atomic mass is 16.4. The van der Waals surface area contributed by atoms with Crippen molar-refractivity contribution in [1.29, 1.82) is 0 Å². The number of aliphatic carboxylic acids is 1. The molecule has 0 aliphatic carbocycles. The lowest BCUT2D eigenvalue weighted by molar-refractivity contribution is -0.145. The van der Waals surface area contributed by atoms with Crippen molar-refractivity contribution in [2.45, 2.75) is 62.9 Å². The standard InChI is InChI=1S/C19H33N7O7/c1-10(28)15(19(32)33)26-18(31)14(8-27)25-17(30)13(6-11-7-22-9-23-11)24-16(29)12(21)4-2-3-5-20/h7,9-10,12-15,27-28H,2-6,8,20-21H2,1H3,(H,22,23)(H,24,29)(H,25,30)(H,26,31)(H,32,33). The number of hydrogen-bond acceptors (Lipinski definition) is 9. The fraction of sp³-hybridized carbons (Fsp3) is 0.632. The first kappa shape index (κ1) is 28.0. The van der Waals surface area contributed by atoms with Crippen LogP contribution in [0.25, 0.3) is 0 Å². The number of unbranched alkanes of at least 4 members (excludes halogenated alkanes) is 1. The molecule has 5 unspecified atom stereocenters. The second kappa shape index (κ2) is 14.2. The Bertz CT molecular complexity index is 773. The van der Waals surface area contributed by atoms with Gasteiger partial charge >= 0.3 is 5.97 Å². The highest BCUT2D eigenvalue weighted by molar-refractivity contribution is 5.94. The molecular formula is C19H33N7O7. The molecule has 0 saturated heterocycles. The van der Waals surface area contributed by atoms with Crippen LogP contribution in [0.15, 0.2) is 12.5 Å². The predicted molar refractivity (Wildman–Crippen MR) is 115 cm³/mol. The Kier molecular flexibility index (Phi) is 12.0. The molecule has 0 radical (unpaired) electrons. The number of carbonyl (C=O) groups excluding carboxylic acids is 3. The van der Waals surface area contributed by atoms with Gasteiger partial charge in [0.1, 0.15) is 12.1 Å². The highest BCUT2D eigenvalue weighted by Gasteiger charge is 2.31. The summed E-state index contributed by atoms with van der Waals surface area (Å²) in [6.45, 7) is 0.771. The van der Waals surface area contributed by atoms with E-state index in [9.17, 15) is 29.4 Å². The van der Waals surface area contributed by atoms with E-state index in [0.717, 1.165) is 0 Å². The zero-order valence-corrected chi connectivity index (χ0v) is 18.4. The maximum absolute atomic E-state index is 12.8. The minimum absolute atomic E-state index is 0.0156. The Morgan fingerprint density at radius 2 is 1.73 bits per heavy atom. The number of carboxylic acid groups (broad SMARTS) is 1. The number of aliphatic hydroxyl groups is 2. The molecule has 0 fully saturated rings. The fourth-order valence-corrected chi connectivity index (χ4v) is 2.85. The van der Waals surface area contributed by atoms with Gasteiger partial charge in [0.05, 0.1) is 25.1 Å². The number of amides is 3. The molecule has 5 atom stereocenters. The predicted octanol–water partition coefficient (Wildman–Crippen LogP) is -3.68. The Morgan fingerprint density at radius 1 is 1.09 bits per heavy atom. The number of aromatic amines is 1. The van der Waals surface area contributed by atoms with Crippen LogP contribution in [0.2, 0.25) is 0 Å². The monoisotopic (exact) mass is 471 g/mol. The normalized spacial score (nSPS) is 15.5. The fourth-order valence-electron chi connectivity index (χ4n) is 2.85. The molecular weight excluding hydrogens is 438 g/mol. The van der Waals surface area contributed by atoms with Crippen LogP contribution in [0.3, 0.4) is 0 Å². The summed E-state index contributed by atoms with van der Waals surface area (Å²) in [4.78, 5) is 55.5. The Labute approximate surface area is 190 Å². The van der Waals surface area contributed by atoms with Gasteiger partial charge in [-0.2, -0.15) is 0 Å². The second-order valence-corrected chi connectivity index (χ2v) is 7.54. The van der Waals surface area contributed by atoms with Crippen LogP contribution in [0.4, 0.5) is 0 Å². The maximum atomic E-state index is 12.8. The van der Waals surface area contributed by atoms with Gasteiger partial charge in [-0.1, -0.05) is 6.42 Å². The third-order valence-electron chi connectivity index (χ3n) is 4.78. The van der Waals surface area contributed by atoms with E-state index in [-0.39, 0.29) is 6.42 Å². The van der Waals surface area contributed by atoms with Gasteiger partial charge in [0.25, 0.3) is 0 Å². The molecule has 1 rings (SSSR count). The topological polar surface area (TPSA) is 246 Å². The van der Waals surface area contributed by atoms with E-state index in [0.29, 0.717) is 31.5 Å². The number of aliphatic hydroxyl groups excluding tert-OH is 2. The first-order valence-electron chi connectivity index (χ1n) is 10.5. The summed E-state index contributed by atoms with van der Waals surface area (Å²) < 4.78 is 0. The van der Waals surface area contributed by atoms with Crippen LogP contribution >= 0.6 is 0 Å². The van der Waals surface area contributed by atoms with E-state index in [4.69, 9.17) is 16.6 Å². The lowest BCUT2D eigenvalue weighted by Crippen LogP contribution is -2.59. The summed E-state index contributed by atoms with van der Waals surface area (Å²) >= 11 is 0. The number of H-pyrrole nitrogens is 1. The van der Waals surface area contributed by atoms with Crippen molar-refractivity contribution in [3.05, 3.63) is 18.2 Å². The summed E-state index contributed by atoms with van der Waals surface area (Å²) in [5.41, 5.74) is 11.8. The molecule has 0 aliphatic heterocycles. The van der Waals surface area contributed by atoms with Gasteiger partial charge in [0.2, 0.25) is 17.7 Å². The van der Waals surface area contributed by atoms with E-state index in [1.165, 1.54) is 19.4 Å². The number of carboxylic acids is 1.